The minimum absolute atomic E-state index is 0.0449. The van der Waals surface area contributed by atoms with Crippen molar-refractivity contribution in [2.45, 2.75) is 37.6 Å². The fourth-order valence-corrected chi connectivity index (χ4v) is 11.1. The molecule has 2 unspecified atom stereocenters. The maximum atomic E-state index is 5.48. The van der Waals surface area contributed by atoms with Crippen molar-refractivity contribution >= 4 is 92.6 Å². The van der Waals surface area contributed by atoms with Gasteiger partial charge in [-0.1, -0.05) is 105 Å². The molecule has 0 fully saturated rings. The zero-order valence-electron chi connectivity index (χ0n) is 26.9. The van der Waals surface area contributed by atoms with Crippen molar-refractivity contribution in [3.63, 3.8) is 0 Å². The second-order valence-corrected chi connectivity index (χ2v) is 16.9. The molecule has 0 aliphatic carbocycles. The molecule has 0 bridgehead atoms. The highest BCUT2D eigenvalue weighted by Gasteiger charge is 2.46. The van der Waals surface area contributed by atoms with Crippen molar-refractivity contribution in [3.05, 3.63) is 143 Å². The van der Waals surface area contributed by atoms with E-state index in [0.717, 1.165) is 5.04 Å². The zero-order valence-corrected chi connectivity index (χ0v) is 29.3. The van der Waals surface area contributed by atoms with Gasteiger partial charge in [0.1, 0.15) is 16.5 Å². The fourth-order valence-electron chi connectivity index (χ4n) is 7.85. The molecule has 10 rings (SSSR count). The van der Waals surface area contributed by atoms with Crippen LogP contribution in [-0.4, -0.2) is 10.4 Å². The molecule has 5 heteroatoms. The van der Waals surface area contributed by atoms with Crippen LogP contribution in [0.3, 0.4) is 0 Å². The Morgan fingerprint density at radius 2 is 1.21 bits per heavy atom. The lowest BCUT2D eigenvalue weighted by atomic mass is 9.81. The van der Waals surface area contributed by atoms with E-state index in [1.165, 1.54) is 80.9 Å². The van der Waals surface area contributed by atoms with Gasteiger partial charge in [0, 0.05) is 48.1 Å². The largest absolute Gasteiger partial charge is 0.326 e. The Balaban J connectivity index is 1.20. The SMILES string of the molecule is CC(C)(C)c1cc2c(c3ccc(-c4ccc5c(c4)c4ccsc4c4ccsc54)cc13)C1N=C(c3ccccc3)SC1N2c1ccccc1. The normalized spacial score (nSPS) is 17.5. The Hall–Kier alpha value is -4.42. The molecule has 48 heavy (non-hydrogen) atoms. The molecule has 0 saturated carbocycles. The van der Waals surface area contributed by atoms with E-state index in [4.69, 9.17) is 4.99 Å². The van der Waals surface area contributed by atoms with Crippen LogP contribution in [0.15, 0.2) is 131 Å². The zero-order chi connectivity index (χ0) is 32.1. The molecule has 2 aliphatic heterocycles. The molecule has 6 aromatic carbocycles. The summed E-state index contributed by atoms with van der Waals surface area (Å²) in [5, 5.41) is 13.8. The van der Waals surface area contributed by atoms with E-state index < -0.39 is 0 Å². The van der Waals surface area contributed by atoms with Crippen LogP contribution in [0.1, 0.15) is 43.5 Å². The highest BCUT2D eigenvalue weighted by molar-refractivity contribution is 8.15. The van der Waals surface area contributed by atoms with Gasteiger partial charge in [0.15, 0.2) is 0 Å². The minimum atomic E-state index is -0.0470. The summed E-state index contributed by atoms with van der Waals surface area (Å²) < 4.78 is 2.78. The molecule has 0 radical (unpaired) electrons. The highest BCUT2D eigenvalue weighted by Crippen LogP contribution is 2.57. The van der Waals surface area contributed by atoms with Gasteiger partial charge < -0.3 is 4.90 Å². The van der Waals surface area contributed by atoms with Crippen LogP contribution in [0.25, 0.3) is 52.8 Å². The lowest BCUT2D eigenvalue weighted by Gasteiger charge is -2.28. The molecule has 2 aromatic heterocycles. The number of rotatable bonds is 3. The maximum absolute atomic E-state index is 5.48. The van der Waals surface area contributed by atoms with Crippen molar-refractivity contribution in [2.24, 2.45) is 4.99 Å². The molecule has 4 heterocycles. The van der Waals surface area contributed by atoms with Gasteiger partial charge in [-0.3, -0.25) is 4.99 Å². The van der Waals surface area contributed by atoms with Crippen molar-refractivity contribution in [3.8, 4) is 11.1 Å². The molecule has 0 saturated heterocycles. The Morgan fingerprint density at radius 3 is 1.92 bits per heavy atom. The first-order chi connectivity index (χ1) is 23.4. The molecular weight excluding hydrogens is 641 g/mol. The van der Waals surface area contributed by atoms with E-state index in [0.29, 0.717) is 0 Å². The Morgan fingerprint density at radius 1 is 0.583 bits per heavy atom. The number of para-hydroxylation sites is 1. The summed E-state index contributed by atoms with van der Waals surface area (Å²) in [6.45, 7) is 7.04. The number of hydrogen-bond acceptors (Lipinski definition) is 5. The summed E-state index contributed by atoms with van der Waals surface area (Å²) in [6.07, 6.45) is 0. The molecule has 0 N–H and O–H groups in total. The van der Waals surface area contributed by atoms with Crippen molar-refractivity contribution < 1.29 is 0 Å². The number of benzene rings is 6. The van der Waals surface area contributed by atoms with Crippen LogP contribution in [-0.2, 0) is 5.41 Å². The first kappa shape index (κ1) is 28.6. The molecule has 8 aromatic rings. The number of fused-ring (bicyclic) bond motifs is 11. The number of anilines is 2. The Bertz CT molecular complexity index is 2590. The Kier molecular flexibility index (Phi) is 6.27. The second kappa shape index (κ2) is 10.5. The van der Waals surface area contributed by atoms with Gasteiger partial charge in [0.2, 0.25) is 0 Å². The number of thiophene rings is 2. The van der Waals surface area contributed by atoms with Gasteiger partial charge in [-0.15, -0.1) is 22.7 Å². The molecule has 0 amide bonds. The third kappa shape index (κ3) is 4.21. The summed E-state index contributed by atoms with van der Waals surface area (Å²) in [6, 6.07) is 42.9. The molecule has 232 valence electrons. The van der Waals surface area contributed by atoms with Gasteiger partial charge >= 0.3 is 0 Å². The fraction of sp³-hybridized carbons (Fsp3) is 0.140. The topological polar surface area (TPSA) is 15.6 Å². The van der Waals surface area contributed by atoms with Gasteiger partial charge in [-0.2, -0.15) is 0 Å². The maximum Gasteiger partial charge on any atom is 0.113 e. The predicted octanol–water partition coefficient (Wildman–Crippen LogP) is 13.1. The molecule has 2 aliphatic rings. The summed E-state index contributed by atoms with van der Waals surface area (Å²) in [7, 11) is 0. The van der Waals surface area contributed by atoms with E-state index in [9.17, 15) is 0 Å². The number of aliphatic imine (C=N–C) groups is 1. The quantitative estimate of drug-likeness (QED) is 0.186. The van der Waals surface area contributed by atoms with Crippen LogP contribution >= 0.6 is 34.4 Å². The average Bonchev–Trinajstić information content (AvgIpc) is 3.91. The highest BCUT2D eigenvalue weighted by atomic mass is 32.2. The summed E-state index contributed by atoms with van der Waals surface area (Å²) >= 11 is 5.60. The van der Waals surface area contributed by atoms with E-state index in [1.54, 1.807) is 0 Å². The lowest BCUT2D eigenvalue weighted by Crippen LogP contribution is -2.25. The molecule has 2 nitrogen and oxygen atoms in total. The van der Waals surface area contributed by atoms with Crippen molar-refractivity contribution in [1.29, 1.82) is 0 Å². The van der Waals surface area contributed by atoms with Gasteiger partial charge in [-0.05, 0) is 91.5 Å². The smallest absolute Gasteiger partial charge is 0.113 e. The van der Waals surface area contributed by atoms with Gasteiger partial charge in [0.25, 0.3) is 0 Å². The van der Waals surface area contributed by atoms with E-state index in [1.807, 2.05) is 34.4 Å². The van der Waals surface area contributed by atoms with Crippen molar-refractivity contribution in [2.75, 3.05) is 4.90 Å². The standard InChI is InChI=1S/C43H32N2S3/c1-43(2,3)35-24-36-37(38-42(45(36)28-12-8-5-9-13-28)48-41(44-38)25-10-6-4-7-11-25)29-16-14-27(23-34(29)35)26-15-17-30-33(22-26)31-18-20-46-40(31)32-19-21-47-39(30)32/h4-24,38,42H,1-3H3. The summed E-state index contributed by atoms with van der Waals surface area (Å²) in [4.78, 5) is 8.03. The van der Waals surface area contributed by atoms with Crippen molar-refractivity contribution in [1.82, 2.24) is 0 Å². The first-order valence-corrected chi connectivity index (χ1v) is 19.1. The molecular formula is C43H32N2S3. The third-order valence-electron chi connectivity index (χ3n) is 10.1. The van der Waals surface area contributed by atoms with E-state index in [-0.39, 0.29) is 16.8 Å². The lowest BCUT2D eigenvalue weighted by molar-refractivity contribution is 0.596. The number of nitrogens with zero attached hydrogens (tertiary/aromatic N) is 2. The third-order valence-corrected chi connectivity index (χ3v) is 13.2. The number of thioether (sulfide) groups is 1. The van der Waals surface area contributed by atoms with Crippen LogP contribution in [0, 0.1) is 0 Å². The van der Waals surface area contributed by atoms with Crippen LogP contribution in [0.5, 0.6) is 0 Å². The van der Waals surface area contributed by atoms with E-state index >= 15 is 0 Å². The monoisotopic (exact) mass is 672 g/mol. The second-order valence-electron chi connectivity index (χ2n) is 13.9. The number of hydrogen-bond donors (Lipinski definition) is 0. The average molecular weight is 673 g/mol. The summed E-state index contributed by atoms with van der Waals surface area (Å²) in [5.41, 5.74) is 8.89. The molecule has 2 atom stereocenters. The van der Waals surface area contributed by atoms with E-state index in [2.05, 4.69) is 152 Å². The van der Waals surface area contributed by atoms with Crippen LogP contribution in [0.4, 0.5) is 11.4 Å². The predicted molar refractivity (Wildman–Crippen MR) is 212 cm³/mol. The van der Waals surface area contributed by atoms with Gasteiger partial charge in [0.05, 0.1) is 0 Å². The van der Waals surface area contributed by atoms with Gasteiger partial charge in [-0.25, -0.2) is 0 Å². The summed E-state index contributed by atoms with van der Waals surface area (Å²) in [5.74, 6) is 0. The van der Waals surface area contributed by atoms with Crippen LogP contribution < -0.4 is 4.90 Å². The molecule has 0 spiro atoms. The van der Waals surface area contributed by atoms with Crippen LogP contribution in [0.2, 0.25) is 0 Å². The minimum Gasteiger partial charge on any atom is -0.326 e. The Labute approximate surface area is 292 Å². The first-order valence-electron chi connectivity index (χ1n) is 16.5.